The number of carbonyl (C=O) groups is 1. The summed E-state index contributed by atoms with van der Waals surface area (Å²) in [5.41, 5.74) is 1.26. The van der Waals surface area contributed by atoms with Gasteiger partial charge >= 0.3 is 5.97 Å². The summed E-state index contributed by atoms with van der Waals surface area (Å²) in [6.07, 6.45) is 2.88. The minimum Gasteiger partial charge on any atom is -0.493 e. The molecule has 0 aliphatic heterocycles. The molecule has 4 aromatic rings. The monoisotopic (exact) mass is 428 g/mol. The zero-order valence-electron chi connectivity index (χ0n) is 17.5. The third kappa shape index (κ3) is 4.25. The molecule has 6 heteroatoms. The van der Waals surface area contributed by atoms with Crippen molar-refractivity contribution >= 4 is 23.0 Å². The van der Waals surface area contributed by atoms with Crippen LogP contribution < -0.4 is 19.6 Å². The molecular formula is C26H20O6. The van der Waals surface area contributed by atoms with Crippen molar-refractivity contribution in [2.45, 2.75) is 0 Å². The van der Waals surface area contributed by atoms with Gasteiger partial charge in [0.2, 0.25) is 11.2 Å². The van der Waals surface area contributed by atoms with Crippen LogP contribution in [0, 0.1) is 0 Å². The predicted octanol–water partition coefficient (Wildman–Crippen LogP) is 5.10. The Morgan fingerprint density at radius 3 is 2.34 bits per heavy atom. The van der Waals surface area contributed by atoms with Crippen LogP contribution in [0.5, 0.6) is 17.2 Å². The van der Waals surface area contributed by atoms with Gasteiger partial charge in [-0.15, -0.1) is 0 Å². The van der Waals surface area contributed by atoms with E-state index in [-0.39, 0.29) is 11.5 Å². The lowest BCUT2D eigenvalue weighted by Gasteiger charge is -2.12. The first-order valence-corrected chi connectivity index (χ1v) is 9.84. The van der Waals surface area contributed by atoms with Gasteiger partial charge in [0.1, 0.15) is 5.58 Å². The van der Waals surface area contributed by atoms with Crippen LogP contribution in [0.25, 0.3) is 28.4 Å². The van der Waals surface area contributed by atoms with E-state index in [1.165, 1.54) is 20.3 Å². The van der Waals surface area contributed by atoms with Crippen molar-refractivity contribution in [2.24, 2.45) is 0 Å². The molecule has 0 saturated carbocycles. The van der Waals surface area contributed by atoms with Crippen LogP contribution in [-0.2, 0) is 4.79 Å². The normalized spacial score (nSPS) is 10.9. The second kappa shape index (κ2) is 9.22. The number of methoxy groups -OCH3 is 2. The highest BCUT2D eigenvalue weighted by molar-refractivity contribution is 5.91. The average molecular weight is 428 g/mol. The SMILES string of the molecule is COc1ccc(-c2oc3ccccc3c(=O)c2OC(=O)C=Cc2ccccc2)cc1OC. The van der Waals surface area contributed by atoms with Gasteiger partial charge in [-0.3, -0.25) is 4.79 Å². The van der Waals surface area contributed by atoms with Crippen molar-refractivity contribution in [1.82, 2.24) is 0 Å². The van der Waals surface area contributed by atoms with Crippen molar-refractivity contribution in [3.8, 4) is 28.6 Å². The maximum absolute atomic E-state index is 13.2. The first kappa shape index (κ1) is 20.9. The van der Waals surface area contributed by atoms with Gasteiger partial charge in [0.15, 0.2) is 17.3 Å². The quantitative estimate of drug-likeness (QED) is 0.314. The maximum atomic E-state index is 13.2. The molecule has 0 bridgehead atoms. The predicted molar refractivity (Wildman–Crippen MR) is 122 cm³/mol. The van der Waals surface area contributed by atoms with E-state index in [9.17, 15) is 9.59 Å². The molecule has 0 unspecified atom stereocenters. The van der Waals surface area contributed by atoms with E-state index in [2.05, 4.69) is 0 Å². The third-order valence-electron chi connectivity index (χ3n) is 4.82. The lowest BCUT2D eigenvalue weighted by atomic mass is 10.1. The minimum atomic E-state index is -0.696. The van der Waals surface area contributed by atoms with E-state index >= 15 is 0 Å². The molecule has 0 spiro atoms. The molecule has 0 amide bonds. The van der Waals surface area contributed by atoms with Gasteiger partial charge in [-0.05, 0) is 42.0 Å². The van der Waals surface area contributed by atoms with Crippen LogP contribution in [-0.4, -0.2) is 20.2 Å². The smallest absolute Gasteiger partial charge is 0.336 e. The van der Waals surface area contributed by atoms with Crippen LogP contribution in [0.1, 0.15) is 5.56 Å². The number of rotatable bonds is 6. The van der Waals surface area contributed by atoms with Gasteiger partial charge < -0.3 is 18.6 Å². The molecule has 1 aromatic heterocycles. The molecule has 0 fully saturated rings. The van der Waals surface area contributed by atoms with Crippen molar-refractivity contribution < 1.29 is 23.4 Å². The molecule has 0 atom stereocenters. The maximum Gasteiger partial charge on any atom is 0.336 e. The Morgan fingerprint density at radius 1 is 0.875 bits per heavy atom. The Hall–Kier alpha value is -4.32. The van der Waals surface area contributed by atoms with Gasteiger partial charge in [-0.1, -0.05) is 42.5 Å². The molecule has 3 aromatic carbocycles. The zero-order valence-corrected chi connectivity index (χ0v) is 17.5. The Bertz CT molecular complexity index is 1350. The van der Waals surface area contributed by atoms with E-state index in [0.29, 0.717) is 28.0 Å². The molecule has 0 aliphatic rings. The van der Waals surface area contributed by atoms with Crippen LogP contribution >= 0.6 is 0 Å². The molecule has 6 nitrogen and oxygen atoms in total. The molecule has 0 aliphatic carbocycles. The summed E-state index contributed by atoms with van der Waals surface area (Å²) in [6, 6.07) is 21.1. The number of carbonyl (C=O) groups excluding carboxylic acids is 1. The third-order valence-corrected chi connectivity index (χ3v) is 4.82. The second-order valence-electron chi connectivity index (χ2n) is 6.82. The molecule has 4 rings (SSSR count). The van der Waals surface area contributed by atoms with Gasteiger partial charge in [-0.25, -0.2) is 4.79 Å². The second-order valence-corrected chi connectivity index (χ2v) is 6.82. The first-order valence-electron chi connectivity index (χ1n) is 9.84. The van der Waals surface area contributed by atoms with Crippen molar-refractivity contribution in [1.29, 1.82) is 0 Å². The molecule has 160 valence electrons. The fourth-order valence-corrected chi connectivity index (χ4v) is 3.25. The average Bonchev–Trinajstić information content (AvgIpc) is 2.84. The Balaban J connectivity index is 1.80. The topological polar surface area (TPSA) is 75.0 Å². The van der Waals surface area contributed by atoms with Crippen LogP contribution in [0.4, 0.5) is 0 Å². The zero-order chi connectivity index (χ0) is 22.5. The number of benzene rings is 3. The molecule has 1 heterocycles. The molecule has 0 radical (unpaired) electrons. The lowest BCUT2D eigenvalue weighted by Crippen LogP contribution is -2.14. The van der Waals surface area contributed by atoms with Crippen LogP contribution in [0.3, 0.4) is 0 Å². The summed E-state index contributed by atoms with van der Waals surface area (Å²) in [5, 5.41) is 0.312. The number of hydrogen-bond donors (Lipinski definition) is 0. The highest BCUT2D eigenvalue weighted by Crippen LogP contribution is 2.36. The summed E-state index contributed by atoms with van der Waals surface area (Å²) >= 11 is 0. The van der Waals surface area contributed by atoms with Crippen LogP contribution in [0.2, 0.25) is 0 Å². The molecule has 0 N–H and O–H groups in total. The van der Waals surface area contributed by atoms with Gasteiger partial charge in [-0.2, -0.15) is 0 Å². The molecule has 0 saturated heterocycles. The van der Waals surface area contributed by atoms with E-state index < -0.39 is 11.4 Å². The summed E-state index contributed by atoms with van der Waals surface area (Å²) in [7, 11) is 3.04. The fourth-order valence-electron chi connectivity index (χ4n) is 3.25. The van der Waals surface area contributed by atoms with E-state index in [4.69, 9.17) is 18.6 Å². The first-order chi connectivity index (χ1) is 15.6. The van der Waals surface area contributed by atoms with Gasteiger partial charge in [0.05, 0.1) is 19.6 Å². The van der Waals surface area contributed by atoms with E-state index in [1.807, 2.05) is 30.3 Å². The summed E-state index contributed by atoms with van der Waals surface area (Å²) < 4.78 is 22.1. The number of esters is 1. The summed E-state index contributed by atoms with van der Waals surface area (Å²) in [4.78, 5) is 25.7. The number of hydrogen-bond acceptors (Lipinski definition) is 6. The highest BCUT2D eigenvalue weighted by Gasteiger charge is 2.21. The van der Waals surface area contributed by atoms with E-state index in [1.54, 1.807) is 48.5 Å². The Morgan fingerprint density at radius 2 is 1.59 bits per heavy atom. The standard InChI is InChI=1S/C26H20O6/c1-29-21-14-13-18(16-22(21)30-2)25-26(24(28)19-10-6-7-11-20(19)31-25)32-23(27)15-12-17-8-4-3-5-9-17/h3-16H,1-2H3. The van der Waals surface area contributed by atoms with Crippen molar-refractivity contribution in [3.63, 3.8) is 0 Å². The lowest BCUT2D eigenvalue weighted by molar-refractivity contribution is -0.129. The number of ether oxygens (including phenoxy) is 3. The number of fused-ring (bicyclic) bond motifs is 1. The van der Waals surface area contributed by atoms with Crippen LogP contribution in [0.15, 0.2) is 88.1 Å². The molecule has 32 heavy (non-hydrogen) atoms. The van der Waals surface area contributed by atoms with Crippen molar-refractivity contribution in [3.05, 3.63) is 94.7 Å². The van der Waals surface area contributed by atoms with Gasteiger partial charge in [0, 0.05) is 11.6 Å². The summed E-state index contributed by atoms with van der Waals surface area (Å²) in [6.45, 7) is 0. The Kier molecular flexibility index (Phi) is 6.03. The fraction of sp³-hybridized carbons (Fsp3) is 0.0769. The van der Waals surface area contributed by atoms with Gasteiger partial charge in [0.25, 0.3) is 0 Å². The van der Waals surface area contributed by atoms with E-state index in [0.717, 1.165) is 5.56 Å². The summed E-state index contributed by atoms with van der Waals surface area (Å²) in [5.74, 6) is 0.193. The highest BCUT2D eigenvalue weighted by atomic mass is 16.5. The van der Waals surface area contributed by atoms with Crippen molar-refractivity contribution in [2.75, 3.05) is 14.2 Å². The Labute approximate surface area is 184 Å². The largest absolute Gasteiger partial charge is 0.493 e. The number of para-hydroxylation sites is 1. The minimum absolute atomic E-state index is 0.121. The molecular weight excluding hydrogens is 408 g/mol.